The first-order chi connectivity index (χ1) is 15.5. The Morgan fingerprint density at radius 2 is 1.94 bits per heavy atom. The highest BCUT2D eigenvalue weighted by Crippen LogP contribution is 2.40. The summed E-state index contributed by atoms with van der Waals surface area (Å²) < 4.78 is 40.8. The molecule has 1 aliphatic rings. The number of nitrogens with zero attached hydrogens (tertiary/aromatic N) is 2. The van der Waals surface area contributed by atoms with E-state index in [0.29, 0.717) is 35.6 Å². The Balaban J connectivity index is 1.68. The molecule has 2 aromatic carbocycles. The molecule has 4 aromatic rings. The fraction of sp³-hybridized carbons (Fsp3) is 0.250. The van der Waals surface area contributed by atoms with Crippen molar-refractivity contribution in [1.29, 1.82) is 0 Å². The summed E-state index contributed by atoms with van der Waals surface area (Å²) >= 11 is 0. The maximum atomic E-state index is 14.4. The van der Waals surface area contributed by atoms with E-state index in [4.69, 9.17) is 14.5 Å². The van der Waals surface area contributed by atoms with Crippen LogP contribution in [0.4, 0.5) is 8.78 Å². The fourth-order valence-corrected chi connectivity index (χ4v) is 3.99. The van der Waals surface area contributed by atoms with Crippen LogP contribution < -0.4 is 10.3 Å². The van der Waals surface area contributed by atoms with Crippen LogP contribution in [0.5, 0.6) is 11.5 Å². The number of H-pyrrole nitrogens is 1. The van der Waals surface area contributed by atoms with Gasteiger partial charge in [0.05, 0.1) is 5.52 Å². The van der Waals surface area contributed by atoms with Gasteiger partial charge < -0.3 is 19.0 Å². The van der Waals surface area contributed by atoms with Gasteiger partial charge in [-0.1, -0.05) is 0 Å². The second-order valence-electron chi connectivity index (χ2n) is 7.89. The number of nitrogens with one attached hydrogen (secondary N) is 1. The van der Waals surface area contributed by atoms with E-state index < -0.39 is 11.6 Å². The molecule has 3 heterocycles. The summed E-state index contributed by atoms with van der Waals surface area (Å²) in [5, 5.41) is 0. The van der Waals surface area contributed by atoms with Crippen molar-refractivity contribution in [2.24, 2.45) is 7.05 Å². The monoisotopic (exact) mass is 437 g/mol. The Bertz CT molecular complexity index is 1360. The highest BCUT2D eigenvalue weighted by molar-refractivity contribution is 5.91. The highest BCUT2D eigenvalue weighted by atomic mass is 19.1. The number of aromatic nitrogens is 3. The third-order valence-corrected chi connectivity index (χ3v) is 5.74. The van der Waals surface area contributed by atoms with Gasteiger partial charge in [-0.3, -0.25) is 4.79 Å². The van der Waals surface area contributed by atoms with Gasteiger partial charge in [0.15, 0.2) is 17.3 Å². The topological polar surface area (TPSA) is 69.1 Å². The van der Waals surface area contributed by atoms with Gasteiger partial charge in [0.25, 0.3) is 0 Å². The molecule has 0 radical (unpaired) electrons. The van der Waals surface area contributed by atoms with Crippen LogP contribution in [0.2, 0.25) is 0 Å². The van der Waals surface area contributed by atoms with Gasteiger partial charge in [0, 0.05) is 55.6 Å². The molecule has 0 bridgehead atoms. The largest absolute Gasteiger partial charge is 0.451 e. The molecule has 1 saturated heterocycles. The van der Waals surface area contributed by atoms with Crippen LogP contribution in [0.15, 0.2) is 53.5 Å². The van der Waals surface area contributed by atoms with Crippen molar-refractivity contribution >= 4 is 11.0 Å². The molecular weight excluding hydrogens is 416 g/mol. The van der Waals surface area contributed by atoms with E-state index >= 15 is 0 Å². The van der Waals surface area contributed by atoms with Crippen LogP contribution in [-0.2, 0) is 11.8 Å². The summed E-state index contributed by atoms with van der Waals surface area (Å²) in [7, 11) is 1.66. The van der Waals surface area contributed by atoms with E-state index in [2.05, 4.69) is 4.98 Å². The number of imidazole rings is 1. The van der Waals surface area contributed by atoms with E-state index in [1.165, 1.54) is 16.7 Å². The maximum Gasteiger partial charge on any atom is 0.250 e. The van der Waals surface area contributed by atoms with Crippen molar-refractivity contribution in [2.75, 3.05) is 13.2 Å². The third kappa shape index (κ3) is 3.78. The molecule has 1 N–H and O–H groups in total. The van der Waals surface area contributed by atoms with E-state index in [0.717, 1.165) is 36.3 Å². The lowest BCUT2D eigenvalue weighted by Gasteiger charge is -2.19. The van der Waals surface area contributed by atoms with Crippen LogP contribution in [0, 0.1) is 11.6 Å². The molecule has 6 nitrogen and oxygen atoms in total. The number of benzene rings is 2. The lowest BCUT2D eigenvalue weighted by molar-refractivity contribution is 0.0838. The van der Waals surface area contributed by atoms with Crippen molar-refractivity contribution in [2.45, 2.75) is 18.8 Å². The number of rotatable bonds is 4. The molecule has 8 heteroatoms. The van der Waals surface area contributed by atoms with E-state index in [-0.39, 0.29) is 17.2 Å². The maximum absolute atomic E-state index is 14.4. The molecule has 2 aromatic heterocycles. The summed E-state index contributed by atoms with van der Waals surface area (Å²) in [5.41, 5.74) is 2.49. The average molecular weight is 437 g/mol. The smallest absolute Gasteiger partial charge is 0.250 e. The van der Waals surface area contributed by atoms with E-state index in [1.54, 1.807) is 19.3 Å². The summed E-state index contributed by atoms with van der Waals surface area (Å²) in [5.74, 6) is -0.221. The van der Waals surface area contributed by atoms with Crippen molar-refractivity contribution in [3.63, 3.8) is 0 Å². The van der Waals surface area contributed by atoms with Crippen molar-refractivity contribution in [3.8, 4) is 22.6 Å². The Kier molecular flexibility index (Phi) is 5.22. The minimum atomic E-state index is -0.811. The minimum absolute atomic E-state index is 0.111. The van der Waals surface area contributed by atoms with E-state index in [1.807, 2.05) is 12.1 Å². The van der Waals surface area contributed by atoms with Crippen molar-refractivity contribution in [3.05, 3.63) is 76.5 Å². The summed E-state index contributed by atoms with van der Waals surface area (Å²) in [6, 6.07) is 10.0. The average Bonchev–Trinajstić information content (AvgIpc) is 3.23. The first-order valence-electron chi connectivity index (χ1n) is 10.4. The van der Waals surface area contributed by atoms with Crippen LogP contribution in [0.25, 0.3) is 22.2 Å². The van der Waals surface area contributed by atoms with Crippen LogP contribution in [-0.4, -0.2) is 27.7 Å². The quantitative estimate of drug-likeness (QED) is 0.493. The van der Waals surface area contributed by atoms with Gasteiger partial charge in [-0.05, 0) is 43.2 Å². The van der Waals surface area contributed by atoms with Crippen molar-refractivity contribution in [1.82, 2.24) is 14.5 Å². The fourth-order valence-electron chi connectivity index (χ4n) is 3.99. The van der Waals surface area contributed by atoms with Gasteiger partial charge >= 0.3 is 0 Å². The molecule has 1 aliphatic heterocycles. The zero-order valence-corrected chi connectivity index (χ0v) is 17.4. The first kappa shape index (κ1) is 20.4. The SMILES string of the molecule is Cn1cc(-c2ccc3[nH]c(C4CCOCC4)nc3c2Oc2ccc(F)cc2F)ccc1=O. The molecule has 1 fully saturated rings. The number of halogens is 2. The number of ether oxygens (including phenoxy) is 2. The number of hydrogen-bond donors (Lipinski definition) is 1. The molecule has 164 valence electrons. The van der Waals surface area contributed by atoms with Crippen LogP contribution >= 0.6 is 0 Å². The molecule has 5 rings (SSSR count). The molecule has 0 atom stereocenters. The van der Waals surface area contributed by atoms with Gasteiger partial charge in [0.2, 0.25) is 5.56 Å². The number of aromatic amines is 1. The Morgan fingerprint density at radius 3 is 2.69 bits per heavy atom. The molecule has 0 saturated carbocycles. The van der Waals surface area contributed by atoms with Crippen molar-refractivity contribution < 1.29 is 18.3 Å². The van der Waals surface area contributed by atoms with Gasteiger partial charge in [-0.15, -0.1) is 0 Å². The molecule has 0 unspecified atom stereocenters. The zero-order chi connectivity index (χ0) is 22.2. The predicted molar refractivity (Wildman–Crippen MR) is 116 cm³/mol. The Labute approximate surface area is 182 Å². The normalized spacial score (nSPS) is 14.7. The summed E-state index contributed by atoms with van der Waals surface area (Å²) in [6.45, 7) is 1.35. The van der Waals surface area contributed by atoms with Gasteiger partial charge in [-0.25, -0.2) is 13.8 Å². The predicted octanol–water partition coefficient (Wildman–Crippen LogP) is 4.89. The standard InChI is InChI=1S/C24H21F2N3O3/c1-29-13-15(2-7-21(29)30)17-4-5-19-22(28-24(27-19)14-8-10-31-11-9-14)23(17)32-20-6-3-16(25)12-18(20)26/h2-7,12-14H,8-11H2,1H3,(H,27,28). The number of aryl methyl sites for hydroxylation is 1. The Hall–Kier alpha value is -3.52. The molecule has 32 heavy (non-hydrogen) atoms. The Morgan fingerprint density at radius 1 is 1.12 bits per heavy atom. The number of pyridine rings is 1. The molecule has 0 aliphatic carbocycles. The van der Waals surface area contributed by atoms with Gasteiger partial charge in [0.1, 0.15) is 17.2 Å². The van der Waals surface area contributed by atoms with Gasteiger partial charge in [-0.2, -0.15) is 0 Å². The summed E-state index contributed by atoms with van der Waals surface area (Å²) in [4.78, 5) is 20.0. The zero-order valence-electron chi connectivity index (χ0n) is 17.4. The highest BCUT2D eigenvalue weighted by Gasteiger charge is 2.23. The summed E-state index contributed by atoms with van der Waals surface area (Å²) in [6.07, 6.45) is 3.40. The molecule has 0 spiro atoms. The van der Waals surface area contributed by atoms with Crippen LogP contribution in [0.3, 0.4) is 0 Å². The number of hydrogen-bond acceptors (Lipinski definition) is 4. The second-order valence-corrected chi connectivity index (χ2v) is 7.89. The lowest BCUT2D eigenvalue weighted by Crippen LogP contribution is -2.15. The molecular formula is C24H21F2N3O3. The third-order valence-electron chi connectivity index (χ3n) is 5.74. The van der Waals surface area contributed by atoms with Crippen LogP contribution in [0.1, 0.15) is 24.6 Å². The van der Waals surface area contributed by atoms with E-state index in [9.17, 15) is 13.6 Å². The molecule has 0 amide bonds. The second kappa shape index (κ2) is 8.20. The minimum Gasteiger partial charge on any atom is -0.451 e. The first-order valence-corrected chi connectivity index (χ1v) is 10.4. The number of fused-ring (bicyclic) bond motifs is 1. The lowest BCUT2D eigenvalue weighted by atomic mass is 10.00.